The van der Waals surface area contributed by atoms with Crippen molar-refractivity contribution in [3.05, 3.63) is 44.7 Å². The van der Waals surface area contributed by atoms with Gasteiger partial charge in [-0.3, -0.25) is 0 Å². The van der Waals surface area contributed by atoms with Crippen LogP contribution in [0.15, 0.2) is 34.7 Å². The van der Waals surface area contributed by atoms with Crippen LogP contribution < -0.4 is 0 Å². The average molecular weight is 335 g/mol. The number of benzene rings is 1. The van der Waals surface area contributed by atoms with Gasteiger partial charge in [0, 0.05) is 14.2 Å². The van der Waals surface area contributed by atoms with E-state index < -0.39 is 0 Å². The maximum absolute atomic E-state index is 8.89. The van der Waals surface area contributed by atoms with E-state index in [4.69, 9.17) is 21.1 Å². The second-order valence-corrected chi connectivity index (χ2v) is 4.65. The van der Waals surface area contributed by atoms with E-state index in [0.29, 0.717) is 10.8 Å². The summed E-state index contributed by atoms with van der Waals surface area (Å²) in [5.41, 5.74) is 0.986. The van der Waals surface area contributed by atoms with E-state index in [0.717, 1.165) is 14.9 Å². The largest absolute Gasteiger partial charge is 0.459 e. The summed E-state index contributed by atoms with van der Waals surface area (Å²) in [6.45, 7) is -0.0792. The van der Waals surface area contributed by atoms with Gasteiger partial charge in [0.15, 0.2) is 0 Å². The zero-order valence-corrected chi connectivity index (χ0v) is 10.6. The minimum absolute atomic E-state index is 0.0792. The first kappa shape index (κ1) is 11.0. The summed E-state index contributed by atoms with van der Waals surface area (Å²) in [5, 5.41) is 9.60. The summed E-state index contributed by atoms with van der Waals surface area (Å²) >= 11 is 8.07. The first-order valence-corrected chi connectivity index (χ1v) is 5.81. The van der Waals surface area contributed by atoms with Crippen LogP contribution in [-0.2, 0) is 6.61 Å². The Morgan fingerprint density at radius 3 is 2.67 bits per heavy atom. The summed E-state index contributed by atoms with van der Waals surface area (Å²) in [6, 6.07) is 9.21. The molecule has 0 saturated heterocycles. The van der Waals surface area contributed by atoms with Gasteiger partial charge < -0.3 is 9.52 Å². The third kappa shape index (κ3) is 2.35. The number of halogens is 2. The number of furan rings is 1. The Morgan fingerprint density at radius 2 is 2.07 bits per heavy atom. The van der Waals surface area contributed by atoms with Crippen molar-refractivity contribution in [3.63, 3.8) is 0 Å². The first-order valence-electron chi connectivity index (χ1n) is 4.35. The third-order valence-electron chi connectivity index (χ3n) is 2.01. The van der Waals surface area contributed by atoms with Crippen LogP contribution in [0.25, 0.3) is 11.3 Å². The fourth-order valence-corrected chi connectivity index (χ4v) is 2.43. The van der Waals surface area contributed by atoms with Crippen LogP contribution in [0.2, 0.25) is 5.02 Å². The summed E-state index contributed by atoms with van der Waals surface area (Å²) in [5.74, 6) is 1.32. The lowest BCUT2D eigenvalue weighted by molar-refractivity contribution is 0.248. The van der Waals surface area contributed by atoms with Gasteiger partial charge in [0.1, 0.15) is 18.1 Å². The molecule has 0 amide bonds. The number of hydrogen-bond donors (Lipinski definition) is 1. The van der Waals surface area contributed by atoms with Crippen LogP contribution in [-0.4, -0.2) is 5.11 Å². The van der Waals surface area contributed by atoms with E-state index in [1.807, 2.05) is 24.3 Å². The molecule has 1 N–H and O–H groups in total. The molecule has 0 spiro atoms. The van der Waals surface area contributed by atoms with Crippen molar-refractivity contribution in [1.29, 1.82) is 0 Å². The van der Waals surface area contributed by atoms with Crippen LogP contribution in [0.3, 0.4) is 0 Å². The van der Waals surface area contributed by atoms with Crippen molar-refractivity contribution in [3.8, 4) is 11.3 Å². The molecule has 2 aromatic rings. The maximum Gasteiger partial charge on any atom is 0.135 e. The highest BCUT2D eigenvalue weighted by atomic mass is 127. The fraction of sp³-hybridized carbons (Fsp3) is 0.0909. The van der Waals surface area contributed by atoms with E-state index in [9.17, 15) is 0 Å². The molecule has 2 rings (SSSR count). The van der Waals surface area contributed by atoms with Gasteiger partial charge in [0.25, 0.3) is 0 Å². The van der Waals surface area contributed by atoms with E-state index in [1.165, 1.54) is 0 Å². The molecule has 0 radical (unpaired) electrons. The van der Waals surface area contributed by atoms with Gasteiger partial charge in [-0.25, -0.2) is 0 Å². The summed E-state index contributed by atoms with van der Waals surface area (Å²) in [4.78, 5) is 0. The van der Waals surface area contributed by atoms with Gasteiger partial charge in [0.05, 0.1) is 0 Å². The quantitative estimate of drug-likeness (QED) is 0.850. The lowest BCUT2D eigenvalue weighted by Gasteiger charge is -2.01. The van der Waals surface area contributed by atoms with Crippen LogP contribution in [0.1, 0.15) is 5.76 Å². The SMILES string of the molecule is OCc1ccc(-c2ccc(Cl)cc2I)o1. The molecule has 0 fully saturated rings. The van der Waals surface area contributed by atoms with Crippen molar-refractivity contribution in [2.24, 2.45) is 0 Å². The molecule has 0 bridgehead atoms. The minimum atomic E-state index is -0.0792. The van der Waals surface area contributed by atoms with Gasteiger partial charge in [-0.05, 0) is 52.9 Å². The zero-order valence-electron chi connectivity index (χ0n) is 7.71. The van der Waals surface area contributed by atoms with E-state index in [-0.39, 0.29) is 6.61 Å². The Kier molecular flexibility index (Phi) is 3.33. The first-order chi connectivity index (χ1) is 7.20. The predicted molar refractivity (Wildman–Crippen MR) is 67.8 cm³/mol. The van der Waals surface area contributed by atoms with Crippen LogP contribution in [0.4, 0.5) is 0 Å². The van der Waals surface area contributed by atoms with Crippen LogP contribution in [0.5, 0.6) is 0 Å². The Balaban J connectivity index is 2.44. The van der Waals surface area contributed by atoms with Crippen molar-refractivity contribution in [1.82, 2.24) is 0 Å². The zero-order chi connectivity index (χ0) is 10.8. The Bertz CT molecular complexity index is 479. The lowest BCUT2D eigenvalue weighted by Crippen LogP contribution is -1.80. The highest BCUT2D eigenvalue weighted by Gasteiger charge is 2.08. The average Bonchev–Trinajstić information content (AvgIpc) is 2.66. The highest BCUT2D eigenvalue weighted by Crippen LogP contribution is 2.29. The van der Waals surface area contributed by atoms with E-state index >= 15 is 0 Å². The summed E-state index contributed by atoms with van der Waals surface area (Å²) in [6.07, 6.45) is 0. The summed E-state index contributed by atoms with van der Waals surface area (Å²) in [7, 11) is 0. The van der Waals surface area contributed by atoms with Crippen molar-refractivity contribution < 1.29 is 9.52 Å². The van der Waals surface area contributed by atoms with Crippen LogP contribution >= 0.6 is 34.2 Å². The molecule has 0 saturated carbocycles. The Morgan fingerprint density at radius 1 is 1.27 bits per heavy atom. The monoisotopic (exact) mass is 334 g/mol. The van der Waals surface area contributed by atoms with Crippen molar-refractivity contribution in [2.75, 3.05) is 0 Å². The molecular weight excluding hydrogens is 326 g/mol. The maximum atomic E-state index is 8.89. The molecular formula is C11H8ClIO2. The molecule has 78 valence electrons. The van der Waals surface area contributed by atoms with E-state index in [1.54, 1.807) is 6.07 Å². The van der Waals surface area contributed by atoms with Gasteiger partial charge >= 0.3 is 0 Å². The molecule has 1 heterocycles. The topological polar surface area (TPSA) is 33.4 Å². The predicted octanol–water partition coefficient (Wildman–Crippen LogP) is 3.70. The smallest absolute Gasteiger partial charge is 0.135 e. The fourth-order valence-electron chi connectivity index (χ4n) is 1.30. The van der Waals surface area contributed by atoms with Crippen molar-refractivity contribution in [2.45, 2.75) is 6.61 Å². The second-order valence-electron chi connectivity index (χ2n) is 3.05. The van der Waals surface area contributed by atoms with Gasteiger partial charge in [-0.1, -0.05) is 11.6 Å². The molecule has 2 nitrogen and oxygen atoms in total. The van der Waals surface area contributed by atoms with Gasteiger partial charge in [-0.2, -0.15) is 0 Å². The van der Waals surface area contributed by atoms with Gasteiger partial charge in [0.2, 0.25) is 0 Å². The number of rotatable bonds is 2. The molecule has 15 heavy (non-hydrogen) atoms. The molecule has 0 aliphatic carbocycles. The third-order valence-corrected chi connectivity index (χ3v) is 3.14. The van der Waals surface area contributed by atoms with Crippen LogP contribution in [0, 0.1) is 3.57 Å². The summed E-state index contributed by atoms with van der Waals surface area (Å²) < 4.78 is 6.47. The Labute approximate surface area is 106 Å². The molecule has 1 aromatic heterocycles. The Hall–Kier alpha value is -0.520. The number of aliphatic hydroxyl groups is 1. The highest BCUT2D eigenvalue weighted by molar-refractivity contribution is 14.1. The van der Waals surface area contributed by atoms with Crippen molar-refractivity contribution >= 4 is 34.2 Å². The van der Waals surface area contributed by atoms with E-state index in [2.05, 4.69) is 22.6 Å². The molecule has 0 unspecified atom stereocenters. The molecule has 0 atom stereocenters. The molecule has 4 heteroatoms. The van der Waals surface area contributed by atoms with Gasteiger partial charge in [-0.15, -0.1) is 0 Å². The molecule has 0 aliphatic heterocycles. The normalized spacial score (nSPS) is 10.6. The molecule has 0 aliphatic rings. The minimum Gasteiger partial charge on any atom is -0.459 e. The number of hydrogen-bond acceptors (Lipinski definition) is 2. The molecule has 1 aromatic carbocycles. The standard InChI is InChI=1S/C11H8ClIO2/c12-7-1-3-9(10(13)5-7)11-4-2-8(6-14)15-11/h1-5,14H,6H2. The number of aliphatic hydroxyl groups excluding tert-OH is 1. The second kappa shape index (κ2) is 4.55. The lowest BCUT2D eigenvalue weighted by atomic mass is 10.2.